The van der Waals surface area contributed by atoms with E-state index in [1.807, 2.05) is 7.05 Å². The fraction of sp³-hybridized carbons (Fsp3) is 1.00. The van der Waals surface area contributed by atoms with Crippen LogP contribution in [0.1, 0.15) is 19.3 Å². The van der Waals surface area contributed by atoms with Gasteiger partial charge in [0.1, 0.15) is 0 Å². The molecule has 11 heavy (non-hydrogen) atoms. The van der Waals surface area contributed by atoms with Crippen molar-refractivity contribution in [3.8, 4) is 0 Å². The molecule has 0 bridgehead atoms. The van der Waals surface area contributed by atoms with Crippen LogP contribution in [0.15, 0.2) is 0 Å². The third kappa shape index (κ3) is 5.74. The van der Waals surface area contributed by atoms with E-state index in [1.54, 1.807) is 0 Å². The highest BCUT2D eigenvalue weighted by atomic mass is 35.5. The topological polar surface area (TPSA) is 24.1 Å². The molecule has 1 aliphatic heterocycles. The Hall–Kier alpha value is 0.500. The van der Waals surface area contributed by atoms with Gasteiger partial charge < -0.3 is 10.6 Å². The summed E-state index contributed by atoms with van der Waals surface area (Å²) in [6, 6.07) is 0.740. The van der Waals surface area contributed by atoms with Gasteiger partial charge in [-0.2, -0.15) is 0 Å². The van der Waals surface area contributed by atoms with Gasteiger partial charge in [0.05, 0.1) is 0 Å². The molecule has 0 spiro atoms. The molecule has 1 saturated heterocycles. The predicted octanol–water partition coefficient (Wildman–Crippen LogP) is 1.19. The Bertz CT molecular complexity index is 72.1. The molecule has 0 radical (unpaired) electrons. The van der Waals surface area contributed by atoms with Crippen LogP contribution in [-0.4, -0.2) is 26.2 Å². The minimum atomic E-state index is 0. The van der Waals surface area contributed by atoms with Crippen LogP contribution in [0.3, 0.4) is 0 Å². The van der Waals surface area contributed by atoms with Crippen molar-refractivity contribution in [2.45, 2.75) is 25.3 Å². The van der Waals surface area contributed by atoms with Crippen LogP contribution >= 0.6 is 24.8 Å². The molecule has 1 rings (SSSR count). The van der Waals surface area contributed by atoms with Crippen molar-refractivity contribution in [3.05, 3.63) is 0 Å². The second-order valence-corrected chi connectivity index (χ2v) is 2.70. The fourth-order valence-electron chi connectivity index (χ4n) is 1.34. The molecule has 0 aromatic heterocycles. The van der Waals surface area contributed by atoms with Gasteiger partial charge in [-0.1, -0.05) is 6.42 Å². The first-order valence-corrected chi connectivity index (χ1v) is 3.81. The van der Waals surface area contributed by atoms with Gasteiger partial charge in [0.2, 0.25) is 0 Å². The Morgan fingerprint density at radius 2 is 2.09 bits per heavy atom. The van der Waals surface area contributed by atoms with Gasteiger partial charge >= 0.3 is 0 Å². The normalized spacial score (nSPS) is 23.2. The van der Waals surface area contributed by atoms with Crippen molar-refractivity contribution in [2.75, 3.05) is 20.1 Å². The fourth-order valence-corrected chi connectivity index (χ4v) is 1.34. The summed E-state index contributed by atoms with van der Waals surface area (Å²) in [6.45, 7) is 2.34. The summed E-state index contributed by atoms with van der Waals surface area (Å²) in [5.41, 5.74) is 0. The molecular formula is C7H18Cl2N2. The second-order valence-electron chi connectivity index (χ2n) is 2.70. The van der Waals surface area contributed by atoms with E-state index in [1.165, 1.54) is 25.8 Å². The lowest BCUT2D eigenvalue weighted by Gasteiger charge is -2.22. The van der Waals surface area contributed by atoms with Gasteiger partial charge in [-0.3, -0.25) is 0 Å². The number of rotatable bonds is 2. The summed E-state index contributed by atoms with van der Waals surface area (Å²) in [6.07, 6.45) is 4.11. The third-order valence-electron chi connectivity index (χ3n) is 1.86. The second kappa shape index (κ2) is 8.60. The highest BCUT2D eigenvalue weighted by Crippen LogP contribution is 2.04. The lowest BCUT2D eigenvalue weighted by molar-refractivity contribution is 0.392. The van der Waals surface area contributed by atoms with Crippen LogP contribution < -0.4 is 10.6 Å². The van der Waals surface area contributed by atoms with Crippen molar-refractivity contribution < 1.29 is 0 Å². The minimum absolute atomic E-state index is 0. The van der Waals surface area contributed by atoms with E-state index in [0.717, 1.165) is 12.6 Å². The van der Waals surface area contributed by atoms with E-state index in [2.05, 4.69) is 10.6 Å². The molecule has 0 aromatic carbocycles. The molecule has 70 valence electrons. The smallest absolute Gasteiger partial charge is 0.0192 e. The highest BCUT2D eigenvalue weighted by Gasteiger charge is 2.09. The number of halogens is 2. The summed E-state index contributed by atoms with van der Waals surface area (Å²) >= 11 is 0. The SMILES string of the molecule is CNCC1CCCCN1.Cl.Cl. The summed E-state index contributed by atoms with van der Waals surface area (Å²) in [4.78, 5) is 0. The summed E-state index contributed by atoms with van der Waals surface area (Å²) < 4.78 is 0. The molecule has 1 aliphatic rings. The zero-order valence-corrected chi connectivity index (χ0v) is 8.56. The van der Waals surface area contributed by atoms with Crippen molar-refractivity contribution in [1.82, 2.24) is 10.6 Å². The van der Waals surface area contributed by atoms with E-state index >= 15 is 0 Å². The molecule has 0 amide bonds. The van der Waals surface area contributed by atoms with Crippen molar-refractivity contribution in [2.24, 2.45) is 0 Å². The first kappa shape index (κ1) is 14.0. The van der Waals surface area contributed by atoms with Crippen molar-refractivity contribution in [3.63, 3.8) is 0 Å². The molecular weight excluding hydrogens is 183 g/mol. The first-order chi connectivity index (χ1) is 4.43. The van der Waals surface area contributed by atoms with Crippen LogP contribution in [-0.2, 0) is 0 Å². The number of piperidine rings is 1. The van der Waals surface area contributed by atoms with E-state index in [9.17, 15) is 0 Å². The van der Waals surface area contributed by atoms with E-state index in [-0.39, 0.29) is 24.8 Å². The van der Waals surface area contributed by atoms with Gasteiger partial charge in [-0.15, -0.1) is 24.8 Å². The molecule has 2 N–H and O–H groups in total. The lowest BCUT2D eigenvalue weighted by atomic mass is 10.1. The summed E-state index contributed by atoms with van der Waals surface area (Å²) in [7, 11) is 2.01. The molecule has 1 heterocycles. The van der Waals surface area contributed by atoms with E-state index in [0.29, 0.717) is 0 Å². The van der Waals surface area contributed by atoms with Crippen LogP contribution in [0.5, 0.6) is 0 Å². The predicted molar refractivity (Wildman–Crippen MR) is 54.1 cm³/mol. The van der Waals surface area contributed by atoms with Crippen molar-refractivity contribution >= 4 is 24.8 Å². The van der Waals surface area contributed by atoms with Gasteiger partial charge in [0.15, 0.2) is 0 Å². The average molecular weight is 201 g/mol. The molecule has 0 aliphatic carbocycles. The zero-order valence-electron chi connectivity index (χ0n) is 6.93. The van der Waals surface area contributed by atoms with Gasteiger partial charge in [-0.05, 0) is 26.4 Å². The molecule has 0 saturated carbocycles. The Morgan fingerprint density at radius 3 is 2.55 bits per heavy atom. The van der Waals surface area contributed by atoms with Crippen LogP contribution in [0.2, 0.25) is 0 Å². The van der Waals surface area contributed by atoms with E-state index < -0.39 is 0 Å². The maximum Gasteiger partial charge on any atom is 0.0192 e. The number of hydrogen-bond donors (Lipinski definition) is 2. The number of nitrogens with one attached hydrogen (secondary N) is 2. The Morgan fingerprint density at radius 1 is 1.36 bits per heavy atom. The van der Waals surface area contributed by atoms with Crippen molar-refractivity contribution in [1.29, 1.82) is 0 Å². The molecule has 2 nitrogen and oxygen atoms in total. The number of likely N-dealkylation sites (N-methyl/N-ethyl adjacent to an activating group) is 1. The zero-order chi connectivity index (χ0) is 6.53. The molecule has 0 aromatic rings. The average Bonchev–Trinajstić information content (AvgIpc) is 1.91. The molecule has 4 heteroatoms. The van der Waals surface area contributed by atoms with Crippen LogP contribution in [0.4, 0.5) is 0 Å². The van der Waals surface area contributed by atoms with Gasteiger partial charge in [-0.25, -0.2) is 0 Å². The first-order valence-electron chi connectivity index (χ1n) is 3.81. The third-order valence-corrected chi connectivity index (χ3v) is 1.86. The minimum Gasteiger partial charge on any atom is -0.318 e. The molecule has 1 atom stereocenters. The summed E-state index contributed by atoms with van der Waals surface area (Å²) in [5, 5.41) is 6.63. The highest BCUT2D eigenvalue weighted by molar-refractivity contribution is 5.85. The Balaban J connectivity index is 0. The monoisotopic (exact) mass is 200 g/mol. The standard InChI is InChI=1S/C7H16N2.2ClH/c1-8-6-7-4-2-3-5-9-7;;/h7-9H,2-6H2,1H3;2*1H. The molecule has 1 fully saturated rings. The quantitative estimate of drug-likeness (QED) is 0.701. The maximum absolute atomic E-state index is 3.46. The maximum atomic E-state index is 3.46. The van der Waals surface area contributed by atoms with Crippen LogP contribution in [0, 0.1) is 0 Å². The van der Waals surface area contributed by atoms with Crippen LogP contribution in [0.25, 0.3) is 0 Å². The Kier molecular flexibility index (Phi) is 11.0. The molecule has 1 unspecified atom stereocenters. The Labute approximate surface area is 81.3 Å². The number of hydrogen-bond acceptors (Lipinski definition) is 2. The van der Waals surface area contributed by atoms with Gasteiger partial charge in [0.25, 0.3) is 0 Å². The van der Waals surface area contributed by atoms with E-state index in [4.69, 9.17) is 0 Å². The summed E-state index contributed by atoms with van der Waals surface area (Å²) in [5.74, 6) is 0. The largest absolute Gasteiger partial charge is 0.318 e. The van der Waals surface area contributed by atoms with Gasteiger partial charge in [0, 0.05) is 12.6 Å². The lowest BCUT2D eigenvalue weighted by Crippen LogP contribution is -2.40.